The highest BCUT2D eigenvalue weighted by atomic mass is 14.8. The van der Waals surface area contributed by atoms with E-state index in [4.69, 9.17) is 0 Å². The third-order valence-corrected chi connectivity index (χ3v) is 2.65. The largest absolute Gasteiger partial charge is 0.319 e. The average Bonchev–Trinajstić information content (AvgIpc) is 2.10. The Morgan fingerprint density at radius 3 is 2.08 bits per heavy atom. The van der Waals surface area contributed by atoms with Crippen LogP contribution in [-0.2, 0) is 6.42 Å². The minimum Gasteiger partial charge on any atom is -0.319 e. The van der Waals surface area contributed by atoms with Gasteiger partial charge in [0.05, 0.1) is 0 Å². The fourth-order valence-corrected chi connectivity index (χ4v) is 1.54. The van der Waals surface area contributed by atoms with E-state index in [1.165, 1.54) is 22.3 Å². The monoisotopic (exact) mass is 177 g/mol. The molecule has 1 nitrogen and oxygen atoms in total. The second-order valence-electron chi connectivity index (χ2n) is 3.71. The van der Waals surface area contributed by atoms with Crippen molar-refractivity contribution >= 4 is 0 Å². The number of hydrogen-bond donors (Lipinski definition) is 1. The fraction of sp³-hybridized carbons (Fsp3) is 0.500. The molecule has 72 valence electrons. The lowest BCUT2D eigenvalue weighted by Gasteiger charge is -2.08. The minimum absolute atomic E-state index is 1.06. The van der Waals surface area contributed by atoms with Gasteiger partial charge in [-0.2, -0.15) is 0 Å². The molecule has 0 aliphatic rings. The number of aryl methyl sites for hydroxylation is 2. The molecular formula is C12H19N. The van der Waals surface area contributed by atoms with E-state index in [9.17, 15) is 0 Å². The molecule has 0 saturated heterocycles. The summed E-state index contributed by atoms with van der Waals surface area (Å²) in [5.41, 5.74) is 5.68. The van der Waals surface area contributed by atoms with Gasteiger partial charge in [0.15, 0.2) is 0 Å². The molecule has 1 aromatic carbocycles. The minimum atomic E-state index is 1.06. The highest BCUT2D eigenvalue weighted by Gasteiger charge is 1.99. The summed E-state index contributed by atoms with van der Waals surface area (Å²) in [5.74, 6) is 0. The predicted molar refractivity (Wildman–Crippen MR) is 58.3 cm³/mol. The molecule has 1 rings (SSSR count). The Bertz CT molecular complexity index is 266. The summed E-state index contributed by atoms with van der Waals surface area (Å²) < 4.78 is 0. The van der Waals surface area contributed by atoms with E-state index in [1.807, 2.05) is 7.05 Å². The van der Waals surface area contributed by atoms with Gasteiger partial charge in [0.1, 0.15) is 0 Å². The Hall–Kier alpha value is -0.820. The predicted octanol–water partition coefficient (Wildman–Crippen LogP) is 2.37. The third kappa shape index (κ3) is 2.56. The first-order valence-corrected chi connectivity index (χ1v) is 4.86. The topological polar surface area (TPSA) is 12.0 Å². The summed E-state index contributed by atoms with van der Waals surface area (Å²) in [6, 6.07) is 4.58. The summed E-state index contributed by atoms with van der Waals surface area (Å²) >= 11 is 0. The van der Waals surface area contributed by atoms with Crippen LogP contribution >= 0.6 is 0 Å². The summed E-state index contributed by atoms with van der Waals surface area (Å²) in [4.78, 5) is 0. The molecule has 0 radical (unpaired) electrons. The zero-order chi connectivity index (χ0) is 9.84. The normalized spacial score (nSPS) is 10.5. The Balaban J connectivity index is 2.86. The van der Waals surface area contributed by atoms with E-state index >= 15 is 0 Å². The molecule has 0 aromatic heterocycles. The molecule has 0 atom stereocenters. The molecule has 1 aromatic rings. The van der Waals surface area contributed by atoms with Crippen LogP contribution in [0.15, 0.2) is 12.1 Å². The van der Waals surface area contributed by atoms with Crippen LogP contribution in [0.5, 0.6) is 0 Å². The number of nitrogens with one attached hydrogen (secondary N) is 1. The van der Waals surface area contributed by atoms with Crippen LogP contribution in [-0.4, -0.2) is 13.6 Å². The van der Waals surface area contributed by atoms with Gasteiger partial charge in [0, 0.05) is 0 Å². The number of hydrogen-bond acceptors (Lipinski definition) is 1. The van der Waals surface area contributed by atoms with Crippen molar-refractivity contribution in [3.63, 3.8) is 0 Å². The molecule has 1 N–H and O–H groups in total. The molecule has 0 amide bonds. The lowest BCUT2D eigenvalue weighted by molar-refractivity contribution is 0.790. The van der Waals surface area contributed by atoms with E-state index in [0.29, 0.717) is 0 Å². The summed E-state index contributed by atoms with van der Waals surface area (Å²) in [5, 5.41) is 3.17. The third-order valence-electron chi connectivity index (χ3n) is 2.65. The maximum absolute atomic E-state index is 3.17. The average molecular weight is 177 g/mol. The van der Waals surface area contributed by atoms with Crippen molar-refractivity contribution in [1.29, 1.82) is 0 Å². The summed E-state index contributed by atoms with van der Waals surface area (Å²) in [7, 11) is 1.99. The molecule has 0 spiro atoms. The van der Waals surface area contributed by atoms with Gasteiger partial charge in [0.25, 0.3) is 0 Å². The van der Waals surface area contributed by atoms with E-state index < -0.39 is 0 Å². The lowest BCUT2D eigenvalue weighted by Crippen LogP contribution is -2.10. The second-order valence-corrected chi connectivity index (χ2v) is 3.71. The number of benzene rings is 1. The van der Waals surface area contributed by atoms with Gasteiger partial charge in [0.2, 0.25) is 0 Å². The first-order chi connectivity index (χ1) is 6.15. The number of likely N-dealkylation sites (N-methyl/N-ethyl adjacent to an activating group) is 1. The maximum Gasteiger partial charge on any atom is -0.00114 e. The highest BCUT2D eigenvalue weighted by Crippen LogP contribution is 2.15. The van der Waals surface area contributed by atoms with Crippen molar-refractivity contribution in [2.24, 2.45) is 0 Å². The quantitative estimate of drug-likeness (QED) is 0.747. The van der Waals surface area contributed by atoms with E-state index in [0.717, 1.165) is 13.0 Å². The SMILES string of the molecule is CNCCc1cc(C)c(C)c(C)c1. The Labute approximate surface area is 81.2 Å². The lowest BCUT2D eigenvalue weighted by atomic mass is 9.99. The van der Waals surface area contributed by atoms with E-state index in [2.05, 4.69) is 38.2 Å². The first-order valence-electron chi connectivity index (χ1n) is 4.86. The summed E-state index contributed by atoms with van der Waals surface area (Å²) in [6.45, 7) is 7.62. The van der Waals surface area contributed by atoms with E-state index in [1.54, 1.807) is 0 Å². The van der Waals surface area contributed by atoms with Crippen LogP contribution in [0.3, 0.4) is 0 Å². The highest BCUT2D eigenvalue weighted by molar-refractivity contribution is 5.36. The van der Waals surface area contributed by atoms with Crippen LogP contribution in [0.4, 0.5) is 0 Å². The Kier molecular flexibility index (Phi) is 3.49. The molecule has 1 heteroatoms. The fourth-order valence-electron chi connectivity index (χ4n) is 1.54. The van der Waals surface area contributed by atoms with Gasteiger partial charge in [-0.1, -0.05) is 12.1 Å². The van der Waals surface area contributed by atoms with Gasteiger partial charge in [-0.3, -0.25) is 0 Å². The Morgan fingerprint density at radius 1 is 1.08 bits per heavy atom. The molecule has 0 aliphatic heterocycles. The molecule has 0 saturated carbocycles. The van der Waals surface area contributed by atoms with Crippen LogP contribution < -0.4 is 5.32 Å². The van der Waals surface area contributed by atoms with Crippen molar-refractivity contribution in [3.8, 4) is 0 Å². The second kappa shape index (κ2) is 4.43. The molecule has 0 aliphatic carbocycles. The van der Waals surface area contributed by atoms with Crippen molar-refractivity contribution in [1.82, 2.24) is 5.32 Å². The molecular weight excluding hydrogens is 158 g/mol. The number of rotatable bonds is 3. The van der Waals surface area contributed by atoms with Crippen molar-refractivity contribution in [2.75, 3.05) is 13.6 Å². The van der Waals surface area contributed by atoms with Crippen LogP contribution in [0.1, 0.15) is 22.3 Å². The van der Waals surface area contributed by atoms with Crippen molar-refractivity contribution in [3.05, 3.63) is 34.4 Å². The zero-order valence-electron chi connectivity index (χ0n) is 9.07. The van der Waals surface area contributed by atoms with E-state index in [-0.39, 0.29) is 0 Å². The standard InChI is InChI=1S/C12H19N/c1-9-7-12(5-6-13-4)8-10(2)11(9)3/h7-8,13H,5-6H2,1-4H3. The van der Waals surface area contributed by atoms with Crippen LogP contribution in [0, 0.1) is 20.8 Å². The van der Waals surface area contributed by atoms with Gasteiger partial charge in [-0.25, -0.2) is 0 Å². The van der Waals surface area contributed by atoms with Crippen molar-refractivity contribution < 1.29 is 0 Å². The molecule has 0 unspecified atom stereocenters. The van der Waals surface area contributed by atoms with Gasteiger partial charge in [-0.05, 0) is 63.0 Å². The first kappa shape index (κ1) is 10.3. The molecule has 0 fully saturated rings. The molecule has 0 bridgehead atoms. The van der Waals surface area contributed by atoms with Crippen molar-refractivity contribution in [2.45, 2.75) is 27.2 Å². The van der Waals surface area contributed by atoms with Crippen LogP contribution in [0.25, 0.3) is 0 Å². The zero-order valence-corrected chi connectivity index (χ0v) is 9.07. The van der Waals surface area contributed by atoms with Gasteiger partial charge in [-0.15, -0.1) is 0 Å². The smallest absolute Gasteiger partial charge is 0.00114 e. The molecule has 0 heterocycles. The summed E-state index contributed by atoms with van der Waals surface area (Å²) in [6.07, 6.45) is 1.12. The Morgan fingerprint density at radius 2 is 1.62 bits per heavy atom. The van der Waals surface area contributed by atoms with Crippen LogP contribution in [0.2, 0.25) is 0 Å². The maximum atomic E-state index is 3.17. The van der Waals surface area contributed by atoms with Gasteiger partial charge < -0.3 is 5.32 Å². The molecule has 13 heavy (non-hydrogen) atoms. The van der Waals surface area contributed by atoms with Gasteiger partial charge >= 0.3 is 0 Å².